The molecule has 1 unspecified atom stereocenters. The Kier molecular flexibility index (Phi) is 4.81. The third kappa shape index (κ3) is 3.61. The van der Waals surface area contributed by atoms with Gasteiger partial charge in [-0.25, -0.2) is 0 Å². The minimum Gasteiger partial charge on any atom is -0.395 e. The van der Waals surface area contributed by atoms with E-state index in [9.17, 15) is 4.79 Å². The number of aliphatic hydroxyl groups excluding tert-OH is 1. The molecule has 0 spiro atoms. The molecule has 1 N–H and O–H groups in total. The molecule has 1 aromatic rings. The summed E-state index contributed by atoms with van der Waals surface area (Å²) in [6, 6.07) is 7.66. The van der Waals surface area contributed by atoms with Crippen molar-refractivity contribution in [2.75, 3.05) is 13.7 Å². The molecule has 106 valence electrons. The second kappa shape index (κ2) is 6.58. The molecule has 1 aliphatic rings. The lowest BCUT2D eigenvalue weighted by Gasteiger charge is -2.24. The van der Waals surface area contributed by atoms with E-state index in [0.29, 0.717) is 23.9 Å². The van der Waals surface area contributed by atoms with Gasteiger partial charge in [0.1, 0.15) is 0 Å². The first-order valence-electron chi connectivity index (χ1n) is 7.10. The first kappa shape index (κ1) is 14.6. The first-order chi connectivity index (χ1) is 9.63. The van der Waals surface area contributed by atoms with E-state index in [2.05, 4.69) is 18.8 Å². The second-order valence-corrected chi connectivity index (χ2v) is 5.35. The molecule has 1 fully saturated rings. The fourth-order valence-corrected chi connectivity index (χ4v) is 2.20. The van der Waals surface area contributed by atoms with Crippen LogP contribution in [0, 0.1) is 17.8 Å². The summed E-state index contributed by atoms with van der Waals surface area (Å²) in [6.07, 6.45) is 2.94. The highest BCUT2D eigenvalue weighted by Crippen LogP contribution is 2.35. The summed E-state index contributed by atoms with van der Waals surface area (Å²) >= 11 is 0. The maximum atomic E-state index is 12.3. The monoisotopic (exact) mass is 271 g/mol. The molecule has 0 aromatic heterocycles. The van der Waals surface area contributed by atoms with Gasteiger partial charge < -0.3 is 10.0 Å². The van der Waals surface area contributed by atoms with E-state index in [0.717, 1.165) is 5.56 Å². The van der Waals surface area contributed by atoms with Gasteiger partial charge >= 0.3 is 0 Å². The minimum atomic E-state index is 0.0688. The Labute approximate surface area is 120 Å². The number of aliphatic hydroxyl groups is 1. The summed E-state index contributed by atoms with van der Waals surface area (Å²) in [5, 5.41) is 8.67. The molecule has 0 bridgehead atoms. The highest BCUT2D eigenvalue weighted by Gasteiger charge is 2.32. The van der Waals surface area contributed by atoms with Crippen LogP contribution in [0.25, 0.3) is 0 Å². The average Bonchev–Trinajstić information content (AvgIpc) is 3.30. The van der Waals surface area contributed by atoms with Crippen LogP contribution in [0.1, 0.15) is 42.1 Å². The van der Waals surface area contributed by atoms with Crippen LogP contribution in [-0.2, 0) is 0 Å². The van der Waals surface area contributed by atoms with Crippen molar-refractivity contribution in [1.29, 1.82) is 0 Å². The number of amides is 1. The molecule has 0 aliphatic heterocycles. The van der Waals surface area contributed by atoms with Gasteiger partial charge in [-0.2, -0.15) is 0 Å². The lowest BCUT2D eigenvalue weighted by atomic mass is 10.1. The zero-order chi connectivity index (χ0) is 14.5. The largest absolute Gasteiger partial charge is 0.395 e. The summed E-state index contributed by atoms with van der Waals surface area (Å²) in [7, 11) is 1.88. The predicted molar refractivity (Wildman–Crippen MR) is 79.3 cm³/mol. The van der Waals surface area contributed by atoms with Crippen LogP contribution in [0.2, 0.25) is 0 Å². The SMILES string of the molecule is CC(C1CC1)N(C)C(=O)c1ccc(C#CCCO)cc1. The van der Waals surface area contributed by atoms with E-state index < -0.39 is 0 Å². The van der Waals surface area contributed by atoms with Crippen molar-refractivity contribution in [3.8, 4) is 11.8 Å². The number of hydrogen-bond acceptors (Lipinski definition) is 2. The maximum absolute atomic E-state index is 12.3. The first-order valence-corrected chi connectivity index (χ1v) is 7.10. The minimum absolute atomic E-state index is 0.0688. The van der Waals surface area contributed by atoms with Gasteiger partial charge in [0.2, 0.25) is 0 Å². The molecule has 1 aliphatic carbocycles. The van der Waals surface area contributed by atoms with Crippen molar-refractivity contribution in [2.45, 2.75) is 32.2 Å². The molecule has 1 aromatic carbocycles. The molecule has 1 atom stereocenters. The topological polar surface area (TPSA) is 40.5 Å². The van der Waals surface area contributed by atoms with Gasteiger partial charge in [-0.3, -0.25) is 4.79 Å². The van der Waals surface area contributed by atoms with Gasteiger partial charge in [-0.15, -0.1) is 0 Å². The van der Waals surface area contributed by atoms with Gasteiger partial charge in [0, 0.05) is 30.6 Å². The van der Waals surface area contributed by atoms with Crippen molar-refractivity contribution in [3.05, 3.63) is 35.4 Å². The quantitative estimate of drug-likeness (QED) is 0.854. The molecule has 3 nitrogen and oxygen atoms in total. The Morgan fingerprint density at radius 2 is 2.05 bits per heavy atom. The summed E-state index contributed by atoms with van der Waals surface area (Å²) in [4.78, 5) is 14.2. The van der Waals surface area contributed by atoms with Crippen LogP contribution in [0.15, 0.2) is 24.3 Å². The van der Waals surface area contributed by atoms with Gasteiger partial charge in [0.05, 0.1) is 6.61 Å². The number of carbonyl (C=O) groups is 1. The fourth-order valence-electron chi connectivity index (χ4n) is 2.20. The Morgan fingerprint density at radius 1 is 1.40 bits per heavy atom. The van der Waals surface area contributed by atoms with Crippen LogP contribution in [0.4, 0.5) is 0 Å². The number of carbonyl (C=O) groups excluding carboxylic acids is 1. The summed E-state index contributed by atoms with van der Waals surface area (Å²) in [5.74, 6) is 6.57. The number of rotatable bonds is 4. The number of benzene rings is 1. The Hall–Kier alpha value is -1.79. The van der Waals surface area contributed by atoms with Gasteiger partial charge in [-0.05, 0) is 49.9 Å². The average molecular weight is 271 g/mol. The summed E-state index contributed by atoms with van der Waals surface area (Å²) < 4.78 is 0. The molecular weight excluding hydrogens is 250 g/mol. The van der Waals surface area contributed by atoms with Crippen LogP contribution in [0.5, 0.6) is 0 Å². The lowest BCUT2D eigenvalue weighted by Crippen LogP contribution is -2.36. The molecule has 1 amide bonds. The maximum Gasteiger partial charge on any atom is 0.253 e. The van der Waals surface area contributed by atoms with Gasteiger partial charge in [0.25, 0.3) is 5.91 Å². The summed E-state index contributed by atoms with van der Waals surface area (Å²) in [6.45, 7) is 2.19. The normalized spacial score (nSPS) is 15.2. The van der Waals surface area contributed by atoms with Crippen molar-refractivity contribution in [2.24, 2.45) is 5.92 Å². The van der Waals surface area contributed by atoms with Crippen LogP contribution < -0.4 is 0 Å². The highest BCUT2D eigenvalue weighted by atomic mass is 16.2. The van der Waals surface area contributed by atoms with Crippen molar-refractivity contribution >= 4 is 5.91 Å². The molecular formula is C17H21NO2. The van der Waals surface area contributed by atoms with Crippen molar-refractivity contribution in [1.82, 2.24) is 4.90 Å². The van der Waals surface area contributed by atoms with Crippen molar-refractivity contribution < 1.29 is 9.90 Å². The Bertz CT molecular complexity index is 520. The van der Waals surface area contributed by atoms with E-state index in [1.165, 1.54) is 12.8 Å². The van der Waals surface area contributed by atoms with E-state index in [1.54, 1.807) is 0 Å². The number of nitrogens with zero attached hydrogens (tertiary/aromatic N) is 1. The molecule has 1 saturated carbocycles. The van der Waals surface area contributed by atoms with E-state index in [-0.39, 0.29) is 12.5 Å². The van der Waals surface area contributed by atoms with Crippen LogP contribution in [-0.4, -0.2) is 35.6 Å². The standard InChI is InChI=1S/C17H21NO2/c1-13(15-10-11-15)18(2)17(20)16-8-6-14(7-9-16)5-3-4-12-19/h6-9,13,15,19H,4,10-12H2,1-2H3. The van der Waals surface area contributed by atoms with Crippen LogP contribution in [0.3, 0.4) is 0 Å². The third-order valence-electron chi connectivity index (χ3n) is 3.84. The van der Waals surface area contributed by atoms with Gasteiger partial charge in [0.15, 0.2) is 0 Å². The number of hydrogen-bond donors (Lipinski definition) is 1. The van der Waals surface area contributed by atoms with E-state index in [4.69, 9.17) is 5.11 Å². The molecule has 20 heavy (non-hydrogen) atoms. The molecule has 0 heterocycles. The van der Waals surface area contributed by atoms with E-state index >= 15 is 0 Å². The molecule has 3 heteroatoms. The van der Waals surface area contributed by atoms with Crippen LogP contribution >= 0.6 is 0 Å². The van der Waals surface area contributed by atoms with Gasteiger partial charge in [-0.1, -0.05) is 11.8 Å². The molecule has 0 saturated heterocycles. The smallest absolute Gasteiger partial charge is 0.253 e. The zero-order valence-corrected chi connectivity index (χ0v) is 12.1. The summed E-state index contributed by atoms with van der Waals surface area (Å²) in [5.41, 5.74) is 1.57. The molecule has 2 rings (SSSR count). The second-order valence-electron chi connectivity index (χ2n) is 5.35. The zero-order valence-electron chi connectivity index (χ0n) is 12.1. The Balaban J connectivity index is 2.02. The highest BCUT2D eigenvalue weighted by molar-refractivity contribution is 5.94. The Morgan fingerprint density at radius 3 is 2.60 bits per heavy atom. The molecule has 0 radical (unpaired) electrons. The van der Waals surface area contributed by atoms with Crippen molar-refractivity contribution in [3.63, 3.8) is 0 Å². The van der Waals surface area contributed by atoms with E-state index in [1.807, 2.05) is 36.2 Å². The fraction of sp³-hybridized carbons (Fsp3) is 0.471. The predicted octanol–water partition coefficient (Wildman–Crippen LogP) is 2.29. The lowest BCUT2D eigenvalue weighted by molar-refractivity contribution is 0.0727. The third-order valence-corrected chi connectivity index (χ3v) is 3.84.